The van der Waals surface area contributed by atoms with Crippen molar-refractivity contribution in [1.82, 2.24) is 0 Å². The van der Waals surface area contributed by atoms with E-state index in [1.807, 2.05) is 24.3 Å². The SMILES string of the molecule is COCC1(c2ccccc2CS(=O)(=O)Cl)CC1. The van der Waals surface area contributed by atoms with Crippen molar-refractivity contribution in [3.8, 4) is 0 Å². The van der Waals surface area contributed by atoms with Gasteiger partial charge in [0.25, 0.3) is 0 Å². The number of hydrogen-bond donors (Lipinski definition) is 0. The molecule has 0 unspecified atom stereocenters. The first-order chi connectivity index (χ1) is 7.97. The lowest BCUT2D eigenvalue weighted by Crippen LogP contribution is -2.17. The second kappa shape index (κ2) is 4.59. The summed E-state index contributed by atoms with van der Waals surface area (Å²) in [6.07, 6.45) is 2.08. The van der Waals surface area contributed by atoms with Crippen molar-refractivity contribution in [2.75, 3.05) is 13.7 Å². The van der Waals surface area contributed by atoms with Crippen LogP contribution in [0.1, 0.15) is 24.0 Å². The zero-order chi connectivity index (χ0) is 12.5. The average Bonchev–Trinajstić information content (AvgIpc) is 2.98. The first kappa shape index (κ1) is 12.9. The van der Waals surface area contributed by atoms with Crippen molar-refractivity contribution in [1.29, 1.82) is 0 Å². The van der Waals surface area contributed by atoms with Gasteiger partial charge in [0.15, 0.2) is 0 Å². The molecule has 5 heteroatoms. The maximum Gasteiger partial charge on any atom is 0.236 e. The quantitative estimate of drug-likeness (QED) is 0.775. The summed E-state index contributed by atoms with van der Waals surface area (Å²) in [7, 11) is 3.48. The Morgan fingerprint density at radius 1 is 1.35 bits per heavy atom. The fraction of sp³-hybridized carbons (Fsp3) is 0.500. The molecule has 3 nitrogen and oxygen atoms in total. The molecule has 1 aromatic rings. The predicted molar refractivity (Wildman–Crippen MR) is 67.7 cm³/mol. The van der Waals surface area contributed by atoms with Crippen molar-refractivity contribution in [2.45, 2.75) is 24.0 Å². The normalized spacial score (nSPS) is 18.0. The van der Waals surface area contributed by atoms with Crippen LogP contribution < -0.4 is 0 Å². The van der Waals surface area contributed by atoms with Crippen molar-refractivity contribution >= 4 is 19.7 Å². The van der Waals surface area contributed by atoms with E-state index in [9.17, 15) is 8.42 Å². The van der Waals surface area contributed by atoms with Gasteiger partial charge < -0.3 is 4.74 Å². The third-order valence-corrected chi connectivity index (χ3v) is 4.17. The van der Waals surface area contributed by atoms with Crippen LogP contribution in [0.2, 0.25) is 0 Å². The summed E-state index contributed by atoms with van der Waals surface area (Å²) in [5.41, 5.74) is 1.86. The van der Waals surface area contributed by atoms with E-state index in [0.717, 1.165) is 24.0 Å². The Morgan fingerprint density at radius 2 is 2.00 bits per heavy atom. The first-order valence-corrected chi connectivity index (χ1v) is 7.94. The van der Waals surface area contributed by atoms with Gasteiger partial charge in [-0.2, -0.15) is 0 Å². The fourth-order valence-corrected chi connectivity index (χ4v) is 3.24. The minimum Gasteiger partial charge on any atom is -0.384 e. The molecule has 17 heavy (non-hydrogen) atoms. The third-order valence-electron chi connectivity index (χ3n) is 3.19. The number of rotatable bonds is 5. The maximum atomic E-state index is 11.2. The van der Waals surface area contributed by atoms with Crippen LogP contribution in [0.3, 0.4) is 0 Å². The molecule has 0 radical (unpaired) electrons. The molecule has 2 rings (SSSR count). The van der Waals surface area contributed by atoms with Crippen molar-refractivity contribution in [3.05, 3.63) is 35.4 Å². The van der Waals surface area contributed by atoms with Gasteiger partial charge in [-0.3, -0.25) is 0 Å². The van der Waals surface area contributed by atoms with Crippen molar-refractivity contribution in [2.24, 2.45) is 0 Å². The van der Waals surface area contributed by atoms with E-state index in [1.54, 1.807) is 7.11 Å². The lowest BCUT2D eigenvalue weighted by Gasteiger charge is -2.18. The predicted octanol–water partition coefficient (Wildman–Crippen LogP) is 2.43. The Morgan fingerprint density at radius 3 is 2.53 bits per heavy atom. The smallest absolute Gasteiger partial charge is 0.236 e. The molecular formula is C12H15ClO3S. The molecule has 94 valence electrons. The van der Waals surface area contributed by atoms with E-state index in [2.05, 4.69) is 0 Å². The summed E-state index contributed by atoms with van der Waals surface area (Å²) in [4.78, 5) is 0. The molecule has 0 bridgehead atoms. The molecule has 0 spiro atoms. The van der Waals surface area contributed by atoms with E-state index >= 15 is 0 Å². The van der Waals surface area contributed by atoms with Gasteiger partial charge in [-0.15, -0.1) is 0 Å². The third kappa shape index (κ3) is 3.00. The molecule has 0 N–H and O–H groups in total. The van der Waals surface area contributed by atoms with Gasteiger partial charge in [-0.05, 0) is 24.0 Å². The van der Waals surface area contributed by atoms with Crippen LogP contribution in [0.15, 0.2) is 24.3 Å². The first-order valence-electron chi connectivity index (χ1n) is 5.46. The van der Waals surface area contributed by atoms with Crippen LogP contribution in [0.4, 0.5) is 0 Å². The van der Waals surface area contributed by atoms with Crippen LogP contribution in [0.5, 0.6) is 0 Å². The zero-order valence-electron chi connectivity index (χ0n) is 9.65. The van der Waals surface area contributed by atoms with Gasteiger partial charge in [0.2, 0.25) is 9.05 Å². The van der Waals surface area contributed by atoms with Crippen LogP contribution >= 0.6 is 10.7 Å². The van der Waals surface area contributed by atoms with Crippen LogP contribution in [0.25, 0.3) is 0 Å². The largest absolute Gasteiger partial charge is 0.384 e. The summed E-state index contributed by atoms with van der Waals surface area (Å²) in [5.74, 6) is -0.115. The lowest BCUT2D eigenvalue weighted by molar-refractivity contribution is 0.171. The summed E-state index contributed by atoms with van der Waals surface area (Å²) >= 11 is 0. The van der Waals surface area contributed by atoms with E-state index in [1.165, 1.54) is 0 Å². The Kier molecular flexibility index (Phi) is 3.48. The lowest BCUT2D eigenvalue weighted by atomic mass is 9.93. The highest BCUT2D eigenvalue weighted by atomic mass is 35.7. The molecule has 1 aliphatic rings. The number of benzene rings is 1. The number of halogens is 1. The number of hydrogen-bond acceptors (Lipinski definition) is 3. The van der Waals surface area contributed by atoms with Gasteiger partial charge in [-0.1, -0.05) is 24.3 Å². The van der Waals surface area contributed by atoms with E-state index in [-0.39, 0.29) is 11.2 Å². The van der Waals surface area contributed by atoms with Crippen molar-refractivity contribution < 1.29 is 13.2 Å². The van der Waals surface area contributed by atoms with Crippen LogP contribution in [-0.4, -0.2) is 22.1 Å². The van der Waals surface area contributed by atoms with Gasteiger partial charge in [0.05, 0.1) is 12.4 Å². The minimum absolute atomic E-state index is 0.00687. The van der Waals surface area contributed by atoms with E-state index < -0.39 is 9.05 Å². The minimum atomic E-state index is -3.52. The highest BCUT2D eigenvalue weighted by Crippen LogP contribution is 2.49. The van der Waals surface area contributed by atoms with E-state index in [0.29, 0.717) is 6.61 Å². The highest BCUT2D eigenvalue weighted by Gasteiger charge is 2.45. The summed E-state index contributed by atoms with van der Waals surface area (Å²) in [6.45, 7) is 0.631. The monoisotopic (exact) mass is 274 g/mol. The summed E-state index contributed by atoms with van der Waals surface area (Å²) < 4.78 is 27.6. The Labute approximate surface area is 106 Å². The Balaban J connectivity index is 2.35. The number of ether oxygens (including phenoxy) is 1. The van der Waals surface area contributed by atoms with E-state index in [4.69, 9.17) is 15.4 Å². The van der Waals surface area contributed by atoms with Gasteiger partial charge in [0.1, 0.15) is 0 Å². The molecule has 1 aromatic carbocycles. The molecule has 0 aliphatic heterocycles. The molecule has 0 atom stereocenters. The summed E-state index contributed by atoms with van der Waals surface area (Å²) in [5, 5.41) is 0. The van der Waals surface area contributed by atoms with Gasteiger partial charge in [0, 0.05) is 23.2 Å². The van der Waals surface area contributed by atoms with Crippen LogP contribution in [0, 0.1) is 0 Å². The molecule has 0 saturated heterocycles. The van der Waals surface area contributed by atoms with Crippen LogP contribution in [-0.2, 0) is 25.0 Å². The average molecular weight is 275 g/mol. The topological polar surface area (TPSA) is 43.4 Å². The molecule has 1 saturated carbocycles. The standard InChI is InChI=1S/C12H15ClO3S/c1-16-9-12(6-7-12)11-5-3-2-4-10(11)8-17(13,14)15/h2-5H,6-9H2,1H3. The zero-order valence-corrected chi connectivity index (χ0v) is 11.2. The fourth-order valence-electron chi connectivity index (χ4n) is 2.27. The molecule has 0 heterocycles. The van der Waals surface area contributed by atoms with Gasteiger partial charge >= 0.3 is 0 Å². The molecule has 1 fully saturated rings. The Hall–Kier alpha value is -0.580. The molecular weight excluding hydrogens is 260 g/mol. The molecule has 1 aliphatic carbocycles. The molecule has 0 amide bonds. The Bertz CT molecular complexity index is 506. The second-order valence-corrected chi connectivity index (χ2v) is 7.33. The number of methoxy groups -OCH3 is 1. The van der Waals surface area contributed by atoms with Crippen molar-refractivity contribution in [3.63, 3.8) is 0 Å². The highest BCUT2D eigenvalue weighted by molar-refractivity contribution is 8.13. The maximum absolute atomic E-state index is 11.2. The molecule has 0 aromatic heterocycles. The summed E-state index contributed by atoms with van der Waals surface area (Å²) in [6, 6.07) is 7.56. The second-order valence-electron chi connectivity index (χ2n) is 4.55. The van der Waals surface area contributed by atoms with Gasteiger partial charge in [-0.25, -0.2) is 8.42 Å².